The van der Waals surface area contributed by atoms with Crippen molar-refractivity contribution < 1.29 is 4.39 Å². The van der Waals surface area contributed by atoms with E-state index in [0.29, 0.717) is 11.4 Å². The number of nitrogens with two attached hydrogens (primary N) is 2. The van der Waals surface area contributed by atoms with Gasteiger partial charge in [0.25, 0.3) is 0 Å². The molecule has 0 aliphatic rings. The van der Waals surface area contributed by atoms with E-state index in [0.717, 1.165) is 20.9 Å². The van der Waals surface area contributed by atoms with Gasteiger partial charge in [-0.2, -0.15) is 9.49 Å². The highest BCUT2D eigenvalue weighted by molar-refractivity contribution is 9.10. The lowest BCUT2D eigenvalue weighted by molar-refractivity contribution is 0.586. The summed E-state index contributed by atoms with van der Waals surface area (Å²) < 4.78 is 14.1. The summed E-state index contributed by atoms with van der Waals surface area (Å²) >= 11 is 3.43. The first kappa shape index (κ1) is 11.9. The number of anilines is 2. The first-order valence-corrected chi connectivity index (χ1v) is 6.20. The van der Waals surface area contributed by atoms with Crippen LogP contribution in [0.2, 0.25) is 0 Å². The fourth-order valence-corrected chi connectivity index (χ4v) is 2.50. The molecule has 96 valence electrons. The molecule has 0 saturated heterocycles. The minimum Gasteiger partial charge on any atom is -0.384 e. The highest BCUT2D eigenvalue weighted by atomic mass is 79.9. The van der Waals surface area contributed by atoms with E-state index in [1.807, 2.05) is 12.1 Å². The van der Waals surface area contributed by atoms with Gasteiger partial charge in [-0.1, -0.05) is 0 Å². The van der Waals surface area contributed by atoms with E-state index in [4.69, 9.17) is 11.5 Å². The fourth-order valence-electron chi connectivity index (χ4n) is 1.95. The molecule has 3 aromatic rings. The van der Waals surface area contributed by atoms with E-state index in [2.05, 4.69) is 31.1 Å². The number of hydrogen-bond donors (Lipinski definition) is 3. The molecule has 19 heavy (non-hydrogen) atoms. The Kier molecular flexibility index (Phi) is 2.63. The number of benzene rings is 1. The highest BCUT2D eigenvalue weighted by Crippen LogP contribution is 2.32. The smallest absolute Gasteiger partial charge is 0.215 e. The summed E-state index contributed by atoms with van der Waals surface area (Å²) in [5.74, 6) is -0.0992. The first-order chi connectivity index (χ1) is 9.04. The third-order valence-corrected chi connectivity index (χ3v) is 3.43. The van der Waals surface area contributed by atoms with Crippen molar-refractivity contribution in [3.8, 4) is 11.1 Å². The molecule has 5 nitrogen and oxygen atoms in total. The topological polar surface area (TPSA) is 93.6 Å². The number of aromatic amines is 1. The van der Waals surface area contributed by atoms with Gasteiger partial charge in [0, 0.05) is 15.9 Å². The van der Waals surface area contributed by atoms with E-state index in [1.54, 1.807) is 6.07 Å². The molecule has 0 radical (unpaired) electrons. The maximum atomic E-state index is 13.3. The van der Waals surface area contributed by atoms with Crippen molar-refractivity contribution in [3.63, 3.8) is 0 Å². The van der Waals surface area contributed by atoms with Gasteiger partial charge < -0.3 is 11.5 Å². The minimum absolute atomic E-state index is 0.131. The Labute approximate surface area is 115 Å². The van der Waals surface area contributed by atoms with Crippen LogP contribution in [0.25, 0.3) is 22.0 Å². The number of rotatable bonds is 1. The Morgan fingerprint density at radius 2 is 1.84 bits per heavy atom. The number of nitrogens with one attached hydrogen (secondary N) is 1. The maximum absolute atomic E-state index is 13.3. The third kappa shape index (κ3) is 2.01. The molecule has 0 aliphatic carbocycles. The predicted molar refractivity (Wildman–Crippen MR) is 75.8 cm³/mol. The van der Waals surface area contributed by atoms with E-state index < -0.39 is 5.95 Å². The Hall–Kier alpha value is -2.15. The molecule has 7 heteroatoms. The zero-order valence-corrected chi connectivity index (χ0v) is 11.2. The van der Waals surface area contributed by atoms with Gasteiger partial charge in [0.2, 0.25) is 5.95 Å². The monoisotopic (exact) mass is 321 g/mol. The second-order valence-electron chi connectivity index (χ2n) is 4.09. The molecule has 3 rings (SSSR count). The lowest BCUT2D eigenvalue weighted by atomic mass is 10.0. The molecule has 0 unspecified atom stereocenters. The van der Waals surface area contributed by atoms with Gasteiger partial charge in [-0.25, -0.2) is 4.98 Å². The lowest BCUT2D eigenvalue weighted by Gasteiger charge is -2.05. The second-order valence-corrected chi connectivity index (χ2v) is 4.95. The van der Waals surface area contributed by atoms with Gasteiger partial charge in [0.15, 0.2) is 5.82 Å². The third-order valence-electron chi connectivity index (χ3n) is 2.80. The zero-order chi connectivity index (χ0) is 13.6. The van der Waals surface area contributed by atoms with Crippen molar-refractivity contribution in [1.82, 2.24) is 15.2 Å². The molecule has 0 saturated carbocycles. The summed E-state index contributed by atoms with van der Waals surface area (Å²) in [4.78, 5) is 3.51. The van der Waals surface area contributed by atoms with Gasteiger partial charge in [0.1, 0.15) is 5.82 Å². The fraction of sp³-hybridized carbons (Fsp3) is 0. The van der Waals surface area contributed by atoms with Crippen LogP contribution in [-0.4, -0.2) is 15.2 Å². The van der Waals surface area contributed by atoms with Crippen LogP contribution in [0.3, 0.4) is 0 Å². The predicted octanol–water partition coefficient (Wildman–Crippen LogP) is 2.69. The molecule has 0 amide bonds. The van der Waals surface area contributed by atoms with Crippen LogP contribution in [0.15, 0.2) is 28.7 Å². The molecule has 0 atom stereocenters. The van der Waals surface area contributed by atoms with Crippen LogP contribution in [0, 0.1) is 5.95 Å². The highest BCUT2D eigenvalue weighted by Gasteiger charge is 2.10. The van der Waals surface area contributed by atoms with Gasteiger partial charge >= 0.3 is 0 Å². The summed E-state index contributed by atoms with van der Waals surface area (Å²) in [6, 6.07) is 6.59. The number of aromatic nitrogens is 3. The van der Waals surface area contributed by atoms with Crippen LogP contribution in [-0.2, 0) is 0 Å². The molecule has 0 aliphatic heterocycles. The molecule has 1 aromatic carbocycles. The lowest BCUT2D eigenvalue weighted by Crippen LogP contribution is -1.94. The quantitative estimate of drug-likeness (QED) is 0.601. The van der Waals surface area contributed by atoms with Gasteiger partial charge in [-0.05, 0) is 45.3 Å². The molecule has 5 N–H and O–H groups in total. The number of nitrogen functional groups attached to an aromatic ring is 2. The summed E-state index contributed by atoms with van der Waals surface area (Å²) in [7, 11) is 0. The van der Waals surface area contributed by atoms with Crippen LogP contribution in [0.1, 0.15) is 0 Å². The van der Waals surface area contributed by atoms with Crippen LogP contribution < -0.4 is 11.5 Å². The number of H-pyrrole nitrogens is 1. The van der Waals surface area contributed by atoms with Crippen molar-refractivity contribution in [2.75, 3.05) is 11.5 Å². The number of pyridine rings is 1. The van der Waals surface area contributed by atoms with Crippen LogP contribution >= 0.6 is 15.9 Å². The number of fused-ring (bicyclic) bond motifs is 1. The van der Waals surface area contributed by atoms with Crippen molar-refractivity contribution in [1.29, 1.82) is 0 Å². The molecule has 0 bridgehead atoms. The molecule has 2 heterocycles. The largest absolute Gasteiger partial charge is 0.384 e. The van der Waals surface area contributed by atoms with Crippen molar-refractivity contribution in [2.45, 2.75) is 0 Å². The van der Waals surface area contributed by atoms with E-state index in [1.165, 1.54) is 6.07 Å². The van der Waals surface area contributed by atoms with E-state index in [-0.39, 0.29) is 5.82 Å². The van der Waals surface area contributed by atoms with Crippen LogP contribution in [0.5, 0.6) is 0 Å². The summed E-state index contributed by atoms with van der Waals surface area (Å²) in [6.45, 7) is 0. The Morgan fingerprint density at radius 3 is 2.58 bits per heavy atom. The van der Waals surface area contributed by atoms with E-state index >= 15 is 0 Å². The average Bonchev–Trinajstić information content (AvgIpc) is 2.70. The average molecular weight is 322 g/mol. The van der Waals surface area contributed by atoms with Crippen molar-refractivity contribution >= 4 is 38.5 Å². The van der Waals surface area contributed by atoms with Gasteiger partial charge in [0.05, 0.1) is 5.52 Å². The van der Waals surface area contributed by atoms with Gasteiger partial charge in [-0.3, -0.25) is 5.10 Å². The molecular formula is C12H9BrFN5. The Bertz CT molecular complexity index is 763. The number of nitrogens with zero attached hydrogens (tertiary/aromatic N) is 2. The Balaban J connectivity index is 2.27. The normalized spacial score (nSPS) is 11.1. The number of hydrogen-bond acceptors (Lipinski definition) is 4. The SMILES string of the molecule is Nc1cc(-c2cc(Br)c3[nH]nc(N)c3c2)cc(F)n1. The van der Waals surface area contributed by atoms with E-state index in [9.17, 15) is 4.39 Å². The zero-order valence-electron chi connectivity index (χ0n) is 9.61. The molecular weight excluding hydrogens is 313 g/mol. The second kappa shape index (κ2) is 4.20. The molecule has 0 fully saturated rings. The number of halogens is 2. The standard InChI is InChI=1S/C12H9BrFN5/c13-8-2-5(1-7-11(8)18-19-12(7)16)6-3-9(14)17-10(15)4-6/h1-4H,(H2,15,17)(H3,16,18,19). The Morgan fingerprint density at radius 1 is 1.11 bits per heavy atom. The summed E-state index contributed by atoms with van der Waals surface area (Å²) in [6.07, 6.45) is 0. The van der Waals surface area contributed by atoms with Crippen molar-refractivity contribution in [3.05, 3.63) is 34.7 Å². The summed E-state index contributed by atoms with van der Waals surface area (Å²) in [5.41, 5.74) is 13.5. The maximum Gasteiger partial charge on any atom is 0.215 e. The minimum atomic E-state index is -0.619. The summed E-state index contributed by atoms with van der Waals surface area (Å²) in [5, 5.41) is 7.53. The van der Waals surface area contributed by atoms with Crippen molar-refractivity contribution in [2.24, 2.45) is 0 Å². The first-order valence-electron chi connectivity index (χ1n) is 5.41. The molecule has 2 aromatic heterocycles. The molecule has 0 spiro atoms. The van der Waals surface area contributed by atoms with Crippen LogP contribution in [0.4, 0.5) is 16.0 Å². The van der Waals surface area contributed by atoms with Gasteiger partial charge in [-0.15, -0.1) is 0 Å².